The molecular weight excluding hydrogens is 367 g/mol. The molecule has 4 nitrogen and oxygen atoms in total. The molecule has 122 valence electrons. The highest BCUT2D eigenvalue weighted by atomic mass is 79.9. The highest BCUT2D eigenvalue weighted by Crippen LogP contribution is 2.42. The van der Waals surface area contributed by atoms with E-state index in [1.807, 2.05) is 0 Å². The van der Waals surface area contributed by atoms with Gasteiger partial charge in [-0.25, -0.2) is 4.79 Å². The standard InChI is InChI=1S/C14H15BrF3NO3/c1-13(21)5-8(6-13)19-11-9(12(20)22-2)3-7(15)4-10(11)14(16,17)18/h3-4,8,19,21H,5-6H2,1-2H3. The summed E-state index contributed by atoms with van der Waals surface area (Å²) in [6.07, 6.45) is -4.01. The lowest BCUT2D eigenvalue weighted by Gasteiger charge is -2.42. The molecule has 0 saturated heterocycles. The van der Waals surface area contributed by atoms with Crippen LogP contribution in [0.1, 0.15) is 35.7 Å². The molecule has 0 unspecified atom stereocenters. The lowest BCUT2D eigenvalue weighted by molar-refractivity contribution is -0.137. The third-order valence-electron chi connectivity index (χ3n) is 3.53. The first kappa shape index (κ1) is 17.1. The molecule has 0 atom stereocenters. The van der Waals surface area contributed by atoms with Crippen molar-refractivity contribution in [3.8, 4) is 0 Å². The van der Waals surface area contributed by atoms with E-state index >= 15 is 0 Å². The number of hydrogen-bond acceptors (Lipinski definition) is 4. The third-order valence-corrected chi connectivity index (χ3v) is 3.99. The van der Waals surface area contributed by atoms with Crippen LogP contribution in [-0.4, -0.2) is 29.8 Å². The van der Waals surface area contributed by atoms with Crippen molar-refractivity contribution >= 4 is 27.6 Å². The number of methoxy groups -OCH3 is 1. The van der Waals surface area contributed by atoms with Gasteiger partial charge in [-0.3, -0.25) is 0 Å². The van der Waals surface area contributed by atoms with E-state index in [0.29, 0.717) is 12.8 Å². The summed E-state index contributed by atoms with van der Waals surface area (Å²) in [6.45, 7) is 1.61. The summed E-state index contributed by atoms with van der Waals surface area (Å²) in [6, 6.07) is 1.85. The molecule has 2 rings (SSSR count). The Hall–Kier alpha value is -1.28. The number of hydrogen-bond donors (Lipinski definition) is 2. The second-order valence-electron chi connectivity index (χ2n) is 5.61. The van der Waals surface area contributed by atoms with Crippen molar-refractivity contribution in [2.75, 3.05) is 12.4 Å². The van der Waals surface area contributed by atoms with Gasteiger partial charge < -0.3 is 15.2 Å². The van der Waals surface area contributed by atoms with Crippen LogP contribution in [0.4, 0.5) is 18.9 Å². The normalized spacial score (nSPS) is 24.6. The maximum absolute atomic E-state index is 13.2. The van der Waals surface area contributed by atoms with Crippen LogP contribution in [0.15, 0.2) is 16.6 Å². The van der Waals surface area contributed by atoms with E-state index in [-0.39, 0.29) is 21.8 Å². The van der Waals surface area contributed by atoms with E-state index in [0.717, 1.165) is 13.2 Å². The number of nitrogens with one attached hydrogen (secondary N) is 1. The van der Waals surface area contributed by atoms with Gasteiger partial charge in [0.25, 0.3) is 0 Å². The number of alkyl halides is 3. The molecule has 22 heavy (non-hydrogen) atoms. The van der Waals surface area contributed by atoms with Crippen LogP contribution in [-0.2, 0) is 10.9 Å². The minimum absolute atomic E-state index is 0.131. The van der Waals surface area contributed by atoms with Gasteiger partial charge in [0.1, 0.15) is 0 Å². The van der Waals surface area contributed by atoms with Crippen LogP contribution >= 0.6 is 15.9 Å². The van der Waals surface area contributed by atoms with Gasteiger partial charge in [-0.05, 0) is 31.9 Å². The number of carbonyl (C=O) groups is 1. The Labute approximate surface area is 133 Å². The minimum atomic E-state index is -4.62. The molecule has 0 aliphatic heterocycles. The number of benzene rings is 1. The Morgan fingerprint density at radius 2 is 2.05 bits per heavy atom. The SMILES string of the molecule is COC(=O)c1cc(Br)cc(C(F)(F)F)c1NC1CC(C)(O)C1. The Bertz CT molecular complexity index is 594. The highest BCUT2D eigenvalue weighted by molar-refractivity contribution is 9.10. The molecule has 1 aromatic rings. The van der Waals surface area contributed by atoms with Crippen molar-refractivity contribution in [3.05, 3.63) is 27.7 Å². The lowest BCUT2D eigenvalue weighted by atomic mass is 9.77. The van der Waals surface area contributed by atoms with Gasteiger partial charge >= 0.3 is 12.1 Å². The van der Waals surface area contributed by atoms with E-state index in [9.17, 15) is 23.1 Å². The summed E-state index contributed by atoms with van der Waals surface area (Å²) in [4.78, 5) is 11.8. The summed E-state index contributed by atoms with van der Waals surface area (Å²) in [5.74, 6) is -0.861. The molecule has 1 aromatic carbocycles. The van der Waals surface area contributed by atoms with Gasteiger partial charge in [0, 0.05) is 10.5 Å². The third kappa shape index (κ3) is 3.55. The van der Waals surface area contributed by atoms with Gasteiger partial charge in [-0.15, -0.1) is 0 Å². The smallest absolute Gasteiger partial charge is 0.418 e. The molecule has 1 saturated carbocycles. The number of ether oxygens (including phenoxy) is 1. The fourth-order valence-electron chi connectivity index (χ4n) is 2.56. The van der Waals surface area contributed by atoms with Gasteiger partial charge in [0.2, 0.25) is 0 Å². The molecule has 1 aliphatic carbocycles. The van der Waals surface area contributed by atoms with Crippen molar-refractivity contribution in [1.82, 2.24) is 0 Å². The van der Waals surface area contributed by atoms with Gasteiger partial charge in [-0.2, -0.15) is 13.2 Å². The average molecular weight is 382 g/mol. The number of rotatable bonds is 3. The van der Waals surface area contributed by atoms with Gasteiger partial charge in [0.05, 0.1) is 29.5 Å². The van der Waals surface area contributed by atoms with Gasteiger partial charge in [-0.1, -0.05) is 15.9 Å². The molecule has 0 radical (unpaired) electrons. The number of carbonyl (C=O) groups excluding carboxylic acids is 1. The molecule has 8 heteroatoms. The first-order chi connectivity index (χ1) is 10.0. The topological polar surface area (TPSA) is 58.6 Å². The monoisotopic (exact) mass is 381 g/mol. The molecule has 0 aromatic heterocycles. The predicted molar refractivity (Wildman–Crippen MR) is 77.8 cm³/mol. The molecular formula is C14H15BrF3NO3. The number of anilines is 1. The maximum atomic E-state index is 13.2. The fraction of sp³-hybridized carbons (Fsp3) is 0.500. The molecule has 1 fully saturated rings. The van der Waals surface area contributed by atoms with Crippen LogP contribution in [0.5, 0.6) is 0 Å². The Balaban J connectivity index is 2.45. The minimum Gasteiger partial charge on any atom is -0.465 e. The summed E-state index contributed by atoms with van der Waals surface area (Å²) in [5, 5.41) is 12.4. The van der Waals surface area contributed by atoms with Gasteiger partial charge in [0.15, 0.2) is 0 Å². The van der Waals surface area contributed by atoms with E-state index in [2.05, 4.69) is 26.0 Å². The van der Waals surface area contributed by atoms with Crippen LogP contribution in [0.3, 0.4) is 0 Å². The maximum Gasteiger partial charge on any atom is 0.418 e. The Morgan fingerprint density at radius 1 is 1.45 bits per heavy atom. The number of halogens is 4. The first-order valence-electron chi connectivity index (χ1n) is 6.51. The molecule has 1 aliphatic rings. The molecule has 0 spiro atoms. The molecule has 0 bridgehead atoms. The molecule has 2 N–H and O–H groups in total. The predicted octanol–water partition coefficient (Wildman–Crippen LogP) is 3.58. The van der Waals surface area contributed by atoms with Crippen LogP contribution < -0.4 is 5.32 Å². The second-order valence-corrected chi connectivity index (χ2v) is 6.53. The second kappa shape index (κ2) is 5.73. The van der Waals surface area contributed by atoms with E-state index < -0.39 is 23.3 Å². The number of aliphatic hydroxyl groups is 1. The van der Waals surface area contributed by atoms with Crippen molar-refractivity contribution in [2.45, 2.75) is 37.6 Å². The fourth-order valence-corrected chi connectivity index (χ4v) is 3.02. The lowest BCUT2D eigenvalue weighted by Crippen LogP contribution is -2.48. The van der Waals surface area contributed by atoms with Crippen LogP contribution in [0, 0.1) is 0 Å². The van der Waals surface area contributed by atoms with Crippen molar-refractivity contribution in [3.63, 3.8) is 0 Å². The van der Waals surface area contributed by atoms with E-state index in [1.165, 1.54) is 6.07 Å². The average Bonchev–Trinajstić information content (AvgIpc) is 2.35. The van der Waals surface area contributed by atoms with E-state index in [1.54, 1.807) is 6.92 Å². The number of esters is 1. The zero-order valence-corrected chi connectivity index (χ0v) is 13.5. The quantitative estimate of drug-likeness (QED) is 0.785. The zero-order valence-electron chi connectivity index (χ0n) is 11.9. The summed E-state index contributed by atoms with van der Waals surface area (Å²) >= 11 is 2.98. The highest BCUT2D eigenvalue weighted by Gasteiger charge is 2.41. The van der Waals surface area contributed by atoms with Crippen molar-refractivity contribution < 1.29 is 27.8 Å². The largest absolute Gasteiger partial charge is 0.465 e. The van der Waals surface area contributed by atoms with Crippen LogP contribution in [0.25, 0.3) is 0 Å². The molecule has 0 amide bonds. The summed E-state index contributed by atoms with van der Waals surface area (Å²) in [5.41, 5.74) is -2.36. The Kier molecular flexibility index (Phi) is 4.45. The molecule has 0 heterocycles. The Morgan fingerprint density at radius 3 is 2.50 bits per heavy atom. The van der Waals surface area contributed by atoms with Crippen LogP contribution in [0.2, 0.25) is 0 Å². The van der Waals surface area contributed by atoms with Crippen molar-refractivity contribution in [1.29, 1.82) is 0 Å². The van der Waals surface area contributed by atoms with E-state index in [4.69, 9.17) is 0 Å². The first-order valence-corrected chi connectivity index (χ1v) is 7.31. The summed E-state index contributed by atoms with van der Waals surface area (Å²) in [7, 11) is 1.11. The summed E-state index contributed by atoms with van der Waals surface area (Å²) < 4.78 is 44.4. The van der Waals surface area contributed by atoms with Crippen molar-refractivity contribution in [2.24, 2.45) is 0 Å². The zero-order chi connectivity index (χ0) is 16.7.